The number of anilines is 3. The second kappa shape index (κ2) is 10.7. The van der Waals surface area contributed by atoms with Crippen LogP contribution in [0.1, 0.15) is 32.1 Å². The number of nitrogens with zero attached hydrogens (tertiary/aromatic N) is 3. The van der Waals surface area contributed by atoms with Crippen LogP contribution in [0, 0.1) is 5.92 Å². The van der Waals surface area contributed by atoms with Gasteiger partial charge in [0.25, 0.3) is 0 Å². The zero-order valence-corrected chi connectivity index (χ0v) is 21.2. The largest absolute Gasteiger partial charge is 0.393 e. The number of amides is 2. The number of nitrogens with one attached hydrogen (secondary N) is 1. The van der Waals surface area contributed by atoms with E-state index in [2.05, 4.69) is 15.3 Å². The van der Waals surface area contributed by atoms with Crippen LogP contribution < -0.4 is 16.0 Å². The number of nitrogens with two attached hydrogens (primary N) is 1. The molecular weight excluding hydrogens is 494 g/mol. The monoisotopic (exact) mass is 521 g/mol. The van der Waals surface area contributed by atoms with Crippen molar-refractivity contribution < 1.29 is 14.7 Å². The van der Waals surface area contributed by atoms with E-state index < -0.39 is 0 Å². The maximum Gasteiger partial charge on any atom is 0.244 e. The second-order valence-electron chi connectivity index (χ2n) is 9.06. The summed E-state index contributed by atoms with van der Waals surface area (Å²) < 4.78 is 0.963. The SMILES string of the molecule is Nc1nc(-c2ccc(NC(=O)CN(C(=O)CC3CCC(O)CC3)c3ccc4ncsc4c3)cc2)cs1. The second-order valence-corrected chi connectivity index (χ2v) is 10.8. The van der Waals surface area contributed by atoms with Crippen LogP contribution in [0.25, 0.3) is 21.5 Å². The minimum Gasteiger partial charge on any atom is -0.393 e. The standard InChI is InChI=1S/C26H27N5O3S2/c27-26-30-22(14-35-26)17-3-5-18(6-4-17)29-24(33)13-31(19-7-10-21-23(12-19)36-15-28-21)25(34)11-16-1-8-20(32)9-2-16/h3-7,10,12,14-16,20,32H,1-2,8-9,11,13H2,(H2,27,30)(H,29,33). The van der Waals surface area contributed by atoms with Gasteiger partial charge in [-0.25, -0.2) is 9.97 Å². The van der Waals surface area contributed by atoms with Crippen molar-refractivity contribution in [1.82, 2.24) is 9.97 Å². The number of benzene rings is 2. The molecule has 4 aromatic rings. The maximum absolute atomic E-state index is 13.4. The average Bonchev–Trinajstić information content (AvgIpc) is 3.53. The Labute approximate surface area is 216 Å². The normalized spacial score (nSPS) is 17.7. The van der Waals surface area contributed by atoms with Crippen LogP contribution >= 0.6 is 22.7 Å². The van der Waals surface area contributed by atoms with Crippen LogP contribution in [0.4, 0.5) is 16.5 Å². The van der Waals surface area contributed by atoms with Crippen LogP contribution in [0.15, 0.2) is 53.4 Å². The number of aliphatic hydroxyl groups excluding tert-OH is 1. The van der Waals surface area contributed by atoms with E-state index in [9.17, 15) is 14.7 Å². The predicted molar refractivity (Wildman–Crippen MR) is 145 cm³/mol. The van der Waals surface area contributed by atoms with Crippen LogP contribution in [-0.4, -0.2) is 39.5 Å². The summed E-state index contributed by atoms with van der Waals surface area (Å²) in [5, 5.41) is 15.1. The third kappa shape index (κ3) is 5.72. The summed E-state index contributed by atoms with van der Waals surface area (Å²) in [5.74, 6) is -0.157. The van der Waals surface area contributed by atoms with Crippen molar-refractivity contribution in [2.24, 2.45) is 5.92 Å². The zero-order valence-electron chi connectivity index (χ0n) is 19.6. The topological polar surface area (TPSA) is 121 Å². The highest BCUT2D eigenvalue weighted by Crippen LogP contribution is 2.30. The molecule has 0 radical (unpaired) electrons. The molecule has 0 saturated heterocycles. The number of rotatable bonds is 7. The molecule has 36 heavy (non-hydrogen) atoms. The van der Waals surface area contributed by atoms with E-state index in [0.29, 0.717) is 22.9 Å². The number of thiazole rings is 2. The van der Waals surface area contributed by atoms with E-state index in [0.717, 1.165) is 47.2 Å². The Balaban J connectivity index is 1.30. The van der Waals surface area contributed by atoms with Gasteiger partial charge < -0.3 is 21.1 Å². The lowest BCUT2D eigenvalue weighted by atomic mass is 9.85. The van der Waals surface area contributed by atoms with Gasteiger partial charge in [-0.05, 0) is 61.9 Å². The van der Waals surface area contributed by atoms with Crippen molar-refractivity contribution in [2.75, 3.05) is 22.5 Å². The molecule has 1 fully saturated rings. The first-order valence-corrected chi connectivity index (χ1v) is 13.6. The van der Waals surface area contributed by atoms with Gasteiger partial charge in [-0.2, -0.15) is 0 Å². The molecule has 1 aliphatic carbocycles. The van der Waals surface area contributed by atoms with Crippen LogP contribution in [-0.2, 0) is 9.59 Å². The fourth-order valence-electron chi connectivity index (χ4n) is 4.53. The molecule has 0 unspecified atom stereocenters. The molecule has 0 atom stereocenters. The third-order valence-electron chi connectivity index (χ3n) is 6.50. The molecule has 0 aliphatic heterocycles. The van der Waals surface area contributed by atoms with Crippen molar-refractivity contribution in [3.8, 4) is 11.3 Å². The summed E-state index contributed by atoms with van der Waals surface area (Å²) in [6, 6.07) is 13.0. The first kappa shape index (κ1) is 24.4. The van der Waals surface area contributed by atoms with Gasteiger partial charge in [0.15, 0.2) is 5.13 Å². The van der Waals surface area contributed by atoms with Gasteiger partial charge in [0.1, 0.15) is 6.54 Å². The Morgan fingerprint density at radius 1 is 1.08 bits per heavy atom. The maximum atomic E-state index is 13.4. The summed E-state index contributed by atoms with van der Waals surface area (Å²) in [6.45, 7) is -0.0944. The molecule has 0 bridgehead atoms. The van der Waals surface area contributed by atoms with Gasteiger partial charge in [0.05, 0.1) is 27.5 Å². The Bertz CT molecular complexity index is 1360. The van der Waals surface area contributed by atoms with Gasteiger partial charge in [0, 0.05) is 28.7 Å². The van der Waals surface area contributed by atoms with E-state index in [-0.39, 0.29) is 30.4 Å². The van der Waals surface area contributed by atoms with Crippen molar-refractivity contribution in [3.63, 3.8) is 0 Å². The number of hydrogen-bond donors (Lipinski definition) is 3. The lowest BCUT2D eigenvalue weighted by Gasteiger charge is -2.28. The van der Waals surface area contributed by atoms with E-state index in [4.69, 9.17) is 5.73 Å². The smallest absolute Gasteiger partial charge is 0.244 e. The number of aliphatic hydroxyl groups is 1. The summed E-state index contributed by atoms with van der Waals surface area (Å²) in [6.07, 6.45) is 3.15. The summed E-state index contributed by atoms with van der Waals surface area (Å²) in [7, 11) is 0. The molecule has 8 nitrogen and oxygen atoms in total. The van der Waals surface area contributed by atoms with Crippen molar-refractivity contribution in [1.29, 1.82) is 0 Å². The van der Waals surface area contributed by atoms with Crippen LogP contribution in [0.3, 0.4) is 0 Å². The fraction of sp³-hybridized carbons (Fsp3) is 0.308. The van der Waals surface area contributed by atoms with E-state index in [1.54, 1.807) is 10.4 Å². The highest BCUT2D eigenvalue weighted by Gasteiger charge is 2.26. The first-order valence-electron chi connectivity index (χ1n) is 11.9. The molecule has 186 valence electrons. The minimum absolute atomic E-state index is 0.0909. The number of carbonyl (C=O) groups excluding carboxylic acids is 2. The van der Waals surface area contributed by atoms with E-state index in [1.165, 1.54) is 22.7 Å². The van der Waals surface area contributed by atoms with Crippen molar-refractivity contribution in [3.05, 3.63) is 53.4 Å². The third-order valence-corrected chi connectivity index (χ3v) is 7.96. The van der Waals surface area contributed by atoms with Gasteiger partial charge in [-0.15, -0.1) is 22.7 Å². The van der Waals surface area contributed by atoms with Crippen LogP contribution in [0.2, 0.25) is 0 Å². The average molecular weight is 522 g/mol. The molecule has 2 aromatic carbocycles. The quantitative estimate of drug-likeness (QED) is 0.318. The van der Waals surface area contributed by atoms with Gasteiger partial charge in [-0.1, -0.05) is 12.1 Å². The molecule has 1 saturated carbocycles. The lowest BCUT2D eigenvalue weighted by Crippen LogP contribution is -2.39. The Hall–Kier alpha value is -3.34. The molecular formula is C26H27N5O3S2. The number of aromatic nitrogens is 2. The molecule has 4 N–H and O–H groups in total. The van der Waals surface area contributed by atoms with E-state index in [1.807, 2.05) is 47.8 Å². The number of fused-ring (bicyclic) bond motifs is 1. The van der Waals surface area contributed by atoms with Gasteiger partial charge in [0.2, 0.25) is 11.8 Å². The van der Waals surface area contributed by atoms with Crippen molar-refractivity contribution >= 4 is 61.2 Å². The summed E-state index contributed by atoms with van der Waals surface area (Å²) >= 11 is 2.88. The Morgan fingerprint density at radius 2 is 1.86 bits per heavy atom. The molecule has 0 spiro atoms. The number of nitrogen functional groups attached to an aromatic ring is 1. The van der Waals surface area contributed by atoms with Gasteiger partial charge >= 0.3 is 0 Å². The molecule has 5 rings (SSSR count). The summed E-state index contributed by atoms with van der Waals surface area (Å²) in [4.78, 5) is 36.6. The predicted octanol–water partition coefficient (Wildman–Crippen LogP) is 4.91. The molecule has 2 amide bonds. The van der Waals surface area contributed by atoms with Crippen LogP contribution in [0.5, 0.6) is 0 Å². The zero-order chi connectivity index (χ0) is 25.1. The highest BCUT2D eigenvalue weighted by molar-refractivity contribution is 7.16. The lowest BCUT2D eigenvalue weighted by molar-refractivity contribution is -0.122. The Kier molecular flexibility index (Phi) is 7.26. The first-order chi connectivity index (χ1) is 17.4. The highest BCUT2D eigenvalue weighted by atomic mass is 32.1. The molecule has 1 aliphatic rings. The Morgan fingerprint density at radius 3 is 2.58 bits per heavy atom. The van der Waals surface area contributed by atoms with Gasteiger partial charge in [-0.3, -0.25) is 9.59 Å². The number of carbonyl (C=O) groups is 2. The molecule has 2 aromatic heterocycles. The van der Waals surface area contributed by atoms with Crippen molar-refractivity contribution in [2.45, 2.75) is 38.2 Å². The summed E-state index contributed by atoms with van der Waals surface area (Å²) in [5.41, 5.74) is 11.4. The fourth-order valence-corrected chi connectivity index (χ4v) is 5.81. The molecule has 2 heterocycles. The molecule has 10 heteroatoms. The minimum atomic E-state index is -0.280. The number of hydrogen-bond acceptors (Lipinski definition) is 8. The van der Waals surface area contributed by atoms with E-state index >= 15 is 0 Å².